The predicted molar refractivity (Wildman–Crippen MR) is 74.6 cm³/mol. The lowest BCUT2D eigenvalue weighted by molar-refractivity contribution is 0.0725. The monoisotopic (exact) mass is 324 g/mol. The van der Waals surface area contributed by atoms with E-state index in [4.69, 9.17) is 27.9 Å². The Morgan fingerprint density at radius 1 is 1.26 bits per heavy atom. The molecule has 0 aliphatic carbocycles. The van der Waals surface area contributed by atoms with Gasteiger partial charge >= 0.3 is 0 Å². The first kappa shape index (κ1) is 15.0. The van der Waals surface area contributed by atoms with Crippen molar-refractivity contribution in [1.29, 1.82) is 0 Å². The standard InChI is InChI=1S/C11H14Cl2N2O3S/c12-10-2-1-9(11(13)7-10)8-14-19(16,17)15-3-5-18-6-4-15/h1-2,7,14H,3-6,8H2. The molecule has 106 valence electrons. The normalized spacial score (nSPS) is 17.6. The van der Waals surface area contributed by atoms with Gasteiger partial charge in [-0.2, -0.15) is 17.4 Å². The van der Waals surface area contributed by atoms with Gasteiger partial charge in [-0.3, -0.25) is 0 Å². The molecule has 1 aliphatic rings. The first-order valence-electron chi connectivity index (χ1n) is 5.75. The van der Waals surface area contributed by atoms with E-state index in [0.29, 0.717) is 41.9 Å². The molecule has 5 nitrogen and oxygen atoms in total. The summed E-state index contributed by atoms with van der Waals surface area (Å²) in [6.07, 6.45) is 0. The van der Waals surface area contributed by atoms with Gasteiger partial charge in [-0.25, -0.2) is 0 Å². The number of rotatable bonds is 4. The molecule has 1 N–H and O–H groups in total. The first-order chi connectivity index (χ1) is 8.99. The van der Waals surface area contributed by atoms with Gasteiger partial charge in [0.25, 0.3) is 10.2 Å². The zero-order chi connectivity index (χ0) is 13.9. The minimum atomic E-state index is -3.50. The third-order valence-corrected chi connectivity index (χ3v) is 4.91. The van der Waals surface area contributed by atoms with Crippen LogP contribution in [0.5, 0.6) is 0 Å². The highest BCUT2D eigenvalue weighted by Gasteiger charge is 2.23. The van der Waals surface area contributed by atoms with E-state index in [1.165, 1.54) is 4.31 Å². The number of ether oxygens (including phenoxy) is 1. The minimum Gasteiger partial charge on any atom is -0.379 e. The fraction of sp³-hybridized carbons (Fsp3) is 0.455. The minimum absolute atomic E-state index is 0.135. The average molecular weight is 325 g/mol. The number of morpholine rings is 1. The van der Waals surface area contributed by atoms with Gasteiger partial charge in [-0.1, -0.05) is 29.3 Å². The Balaban J connectivity index is 2.00. The van der Waals surface area contributed by atoms with Crippen molar-refractivity contribution in [1.82, 2.24) is 9.03 Å². The van der Waals surface area contributed by atoms with Gasteiger partial charge in [0, 0.05) is 29.7 Å². The average Bonchev–Trinajstić information content (AvgIpc) is 2.39. The van der Waals surface area contributed by atoms with Crippen LogP contribution >= 0.6 is 23.2 Å². The van der Waals surface area contributed by atoms with Crippen molar-refractivity contribution in [2.75, 3.05) is 26.3 Å². The maximum atomic E-state index is 12.0. The van der Waals surface area contributed by atoms with E-state index in [2.05, 4.69) is 4.72 Å². The lowest BCUT2D eigenvalue weighted by Gasteiger charge is -2.26. The smallest absolute Gasteiger partial charge is 0.279 e. The molecule has 1 aliphatic heterocycles. The van der Waals surface area contributed by atoms with E-state index in [9.17, 15) is 8.42 Å². The van der Waals surface area contributed by atoms with E-state index in [1.54, 1.807) is 18.2 Å². The highest BCUT2D eigenvalue weighted by Crippen LogP contribution is 2.21. The Labute approximate surface area is 122 Å². The Morgan fingerprint density at radius 2 is 1.95 bits per heavy atom. The quantitative estimate of drug-likeness (QED) is 0.916. The van der Waals surface area contributed by atoms with Gasteiger partial charge in [-0.05, 0) is 17.7 Å². The van der Waals surface area contributed by atoms with Gasteiger partial charge in [0.1, 0.15) is 0 Å². The molecule has 0 atom stereocenters. The summed E-state index contributed by atoms with van der Waals surface area (Å²) in [5.41, 5.74) is 0.683. The molecular formula is C11H14Cl2N2O3S. The molecular weight excluding hydrogens is 311 g/mol. The Kier molecular flexibility index (Phi) is 5.05. The van der Waals surface area contributed by atoms with Crippen molar-refractivity contribution in [3.63, 3.8) is 0 Å². The number of nitrogens with zero attached hydrogens (tertiary/aromatic N) is 1. The van der Waals surface area contributed by atoms with Crippen LogP contribution < -0.4 is 4.72 Å². The van der Waals surface area contributed by atoms with Gasteiger partial charge < -0.3 is 4.74 Å². The summed E-state index contributed by atoms with van der Waals surface area (Å²) in [5, 5.41) is 0.960. The Morgan fingerprint density at radius 3 is 2.58 bits per heavy atom. The van der Waals surface area contributed by atoms with E-state index in [0.717, 1.165) is 0 Å². The molecule has 2 rings (SSSR count). The zero-order valence-electron chi connectivity index (χ0n) is 10.1. The molecule has 0 aromatic heterocycles. The van der Waals surface area contributed by atoms with Crippen LogP contribution in [0.25, 0.3) is 0 Å². The van der Waals surface area contributed by atoms with Gasteiger partial charge in [-0.15, -0.1) is 0 Å². The van der Waals surface area contributed by atoms with Crippen molar-refractivity contribution in [2.24, 2.45) is 0 Å². The largest absolute Gasteiger partial charge is 0.379 e. The topological polar surface area (TPSA) is 58.6 Å². The van der Waals surface area contributed by atoms with Crippen LogP contribution in [-0.4, -0.2) is 39.0 Å². The molecule has 0 saturated carbocycles. The van der Waals surface area contributed by atoms with Gasteiger partial charge in [0.05, 0.1) is 13.2 Å². The van der Waals surface area contributed by atoms with E-state index >= 15 is 0 Å². The van der Waals surface area contributed by atoms with Crippen LogP contribution in [0, 0.1) is 0 Å². The number of hydrogen-bond donors (Lipinski definition) is 1. The molecule has 1 aromatic carbocycles. The van der Waals surface area contributed by atoms with Crippen LogP contribution in [0.1, 0.15) is 5.56 Å². The van der Waals surface area contributed by atoms with Crippen molar-refractivity contribution in [3.8, 4) is 0 Å². The van der Waals surface area contributed by atoms with Crippen molar-refractivity contribution >= 4 is 33.4 Å². The van der Waals surface area contributed by atoms with Gasteiger partial charge in [0.15, 0.2) is 0 Å². The molecule has 1 fully saturated rings. The summed E-state index contributed by atoms with van der Waals surface area (Å²) in [6.45, 7) is 1.70. The summed E-state index contributed by atoms with van der Waals surface area (Å²) in [4.78, 5) is 0. The van der Waals surface area contributed by atoms with Crippen molar-refractivity contribution < 1.29 is 13.2 Å². The molecule has 1 aromatic rings. The molecule has 1 saturated heterocycles. The molecule has 1 heterocycles. The summed E-state index contributed by atoms with van der Waals surface area (Å²) in [6, 6.07) is 4.96. The Bertz CT molecular complexity index is 545. The number of benzene rings is 1. The summed E-state index contributed by atoms with van der Waals surface area (Å²) in [7, 11) is -3.50. The maximum Gasteiger partial charge on any atom is 0.279 e. The van der Waals surface area contributed by atoms with E-state index < -0.39 is 10.2 Å². The van der Waals surface area contributed by atoms with Crippen LogP contribution in [-0.2, 0) is 21.5 Å². The molecule has 8 heteroatoms. The highest BCUT2D eigenvalue weighted by atomic mass is 35.5. The molecule has 19 heavy (non-hydrogen) atoms. The second-order valence-electron chi connectivity index (χ2n) is 4.07. The molecule has 0 amide bonds. The van der Waals surface area contributed by atoms with E-state index in [1.807, 2.05) is 0 Å². The van der Waals surface area contributed by atoms with Crippen LogP contribution in [0.3, 0.4) is 0 Å². The number of hydrogen-bond acceptors (Lipinski definition) is 3. The molecule has 0 spiro atoms. The third-order valence-electron chi connectivity index (χ3n) is 2.77. The lowest BCUT2D eigenvalue weighted by atomic mass is 10.2. The van der Waals surface area contributed by atoms with Crippen molar-refractivity contribution in [3.05, 3.63) is 33.8 Å². The fourth-order valence-corrected chi connectivity index (χ4v) is 3.34. The summed E-state index contributed by atoms with van der Waals surface area (Å²) in [5.74, 6) is 0. The summed E-state index contributed by atoms with van der Waals surface area (Å²) < 4.78 is 33.1. The second kappa shape index (κ2) is 6.39. The van der Waals surface area contributed by atoms with Gasteiger partial charge in [0.2, 0.25) is 0 Å². The zero-order valence-corrected chi connectivity index (χ0v) is 12.4. The lowest BCUT2D eigenvalue weighted by Crippen LogP contribution is -2.46. The third kappa shape index (κ3) is 4.05. The molecule has 0 unspecified atom stereocenters. The predicted octanol–water partition coefficient (Wildman–Crippen LogP) is 1.66. The van der Waals surface area contributed by atoms with Crippen molar-refractivity contribution in [2.45, 2.75) is 6.54 Å². The second-order valence-corrected chi connectivity index (χ2v) is 6.67. The Hall–Kier alpha value is -0.370. The summed E-state index contributed by atoms with van der Waals surface area (Å²) >= 11 is 11.8. The number of halogens is 2. The molecule has 0 radical (unpaired) electrons. The van der Waals surface area contributed by atoms with E-state index in [-0.39, 0.29) is 6.54 Å². The van der Waals surface area contributed by atoms with Crippen LogP contribution in [0.4, 0.5) is 0 Å². The SMILES string of the molecule is O=S(=O)(NCc1ccc(Cl)cc1Cl)N1CCOCC1. The molecule has 0 bridgehead atoms. The highest BCUT2D eigenvalue weighted by molar-refractivity contribution is 7.87. The maximum absolute atomic E-state index is 12.0. The van der Waals surface area contributed by atoms with Crippen LogP contribution in [0.15, 0.2) is 18.2 Å². The number of nitrogens with one attached hydrogen (secondary N) is 1. The van der Waals surface area contributed by atoms with Crippen LogP contribution in [0.2, 0.25) is 10.0 Å². The first-order valence-corrected chi connectivity index (χ1v) is 7.95. The fourth-order valence-electron chi connectivity index (χ4n) is 1.71.